The zero-order valence-electron chi connectivity index (χ0n) is 10.3. The zero-order chi connectivity index (χ0) is 12.4. The summed E-state index contributed by atoms with van der Waals surface area (Å²) in [6, 6.07) is -0.0566. The van der Waals surface area contributed by atoms with Crippen LogP contribution < -0.4 is 10.6 Å². The molecule has 1 aliphatic heterocycles. The van der Waals surface area contributed by atoms with Crippen molar-refractivity contribution < 1.29 is 9.32 Å². The minimum Gasteiger partial charge on any atom is -0.346 e. The standard InChI is InChI=1S/C12H18N4O2/c17-12(9-2-1-5-13-9)14-7-11-15-10(16-18-11)6-8-3-4-8/h8-9,13H,1-7H2,(H,14,17). The van der Waals surface area contributed by atoms with E-state index in [2.05, 4.69) is 20.8 Å². The van der Waals surface area contributed by atoms with Crippen LogP contribution in [0.4, 0.5) is 0 Å². The van der Waals surface area contributed by atoms with Crippen LogP contribution in [-0.2, 0) is 17.8 Å². The minimum absolute atomic E-state index is 0.0226. The predicted molar refractivity (Wildman–Crippen MR) is 63.6 cm³/mol. The van der Waals surface area contributed by atoms with Crippen LogP contribution in [0.3, 0.4) is 0 Å². The van der Waals surface area contributed by atoms with Crippen molar-refractivity contribution in [3.05, 3.63) is 11.7 Å². The van der Waals surface area contributed by atoms with Crippen LogP contribution in [0.1, 0.15) is 37.4 Å². The van der Waals surface area contributed by atoms with Crippen molar-refractivity contribution in [2.45, 2.75) is 44.7 Å². The summed E-state index contributed by atoms with van der Waals surface area (Å²) in [5.41, 5.74) is 0. The molecule has 0 radical (unpaired) electrons. The van der Waals surface area contributed by atoms with Crippen LogP contribution >= 0.6 is 0 Å². The Morgan fingerprint density at radius 3 is 3.06 bits per heavy atom. The number of carbonyl (C=O) groups excluding carboxylic acids is 1. The van der Waals surface area contributed by atoms with Gasteiger partial charge in [0.05, 0.1) is 12.6 Å². The van der Waals surface area contributed by atoms with Crippen LogP contribution in [0.5, 0.6) is 0 Å². The fraction of sp³-hybridized carbons (Fsp3) is 0.750. The molecule has 6 nitrogen and oxygen atoms in total. The smallest absolute Gasteiger partial charge is 0.246 e. The largest absolute Gasteiger partial charge is 0.346 e. The Bertz CT molecular complexity index is 421. The van der Waals surface area contributed by atoms with E-state index in [0.29, 0.717) is 12.4 Å². The summed E-state index contributed by atoms with van der Waals surface area (Å²) in [5, 5.41) is 9.90. The molecular weight excluding hydrogens is 232 g/mol. The number of carbonyl (C=O) groups is 1. The number of rotatable bonds is 5. The van der Waals surface area contributed by atoms with Gasteiger partial charge < -0.3 is 15.2 Å². The van der Waals surface area contributed by atoms with Gasteiger partial charge in [0.1, 0.15) is 0 Å². The Morgan fingerprint density at radius 2 is 2.33 bits per heavy atom. The van der Waals surface area contributed by atoms with Crippen LogP contribution in [-0.4, -0.2) is 28.6 Å². The summed E-state index contributed by atoms with van der Waals surface area (Å²) in [6.45, 7) is 1.25. The molecule has 0 bridgehead atoms. The maximum Gasteiger partial charge on any atom is 0.246 e. The second-order valence-electron chi connectivity index (χ2n) is 5.12. The predicted octanol–water partition coefficient (Wildman–Crippen LogP) is 0.390. The number of hydrogen-bond acceptors (Lipinski definition) is 5. The maximum atomic E-state index is 11.7. The molecule has 2 fully saturated rings. The summed E-state index contributed by atoms with van der Waals surface area (Å²) >= 11 is 0. The highest BCUT2D eigenvalue weighted by atomic mass is 16.5. The average molecular weight is 250 g/mol. The van der Waals surface area contributed by atoms with Crippen LogP contribution in [0.25, 0.3) is 0 Å². The lowest BCUT2D eigenvalue weighted by atomic mass is 10.2. The topological polar surface area (TPSA) is 80.1 Å². The zero-order valence-corrected chi connectivity index (χ0v) is 10.3. The van der Waals surface area contributed by atoms with Crippen molar-refractivity contribution in [2.24, 2.45) is 5.92 Å². The Balaban J connectivity index is 1.46. The molecule has 2 aliphatic rings. The van der Waals surface area contributed by atoms with E-state index in [1.54, 1.807) is 0 Å². The van der Waals surface area contributed by atoms with Gasteiger partial charge in [-0.3, -0.25) is 4.79 Å². The molecule has 1 aliphatic carbocycles. The molecule has 1 aromatic heterocycles. The molecule has 2 N–H and O–H groups in total. The molecule has 1 amide bonds. The highest BCUT2D eigenvalue weighted by Crippen LogP contribution is 2.31. The number of aromatic nitrogens is 2. The van der Waals surface area contributed by atoms with Crippen molar-refractivity contribution in [3.63, 3.8) is 0 Å². The number of hydrogen-bond donors (Lipinski definition) is 2. The van der Waals surface area contributed by atoms with E-state index in [4.69, 9.17) is 4.52 Å². The first-order chi connectivity index (χ1) is 8.81. The Kier molecular flexibility index (Phi) is 3.27. The molecule has 98 valence electrons. The second-order valence-corrected chi connectivity index (χ2v) is 5.12. The molecule has 1 unspecified atom stereocenters. The highest BCUT2D eigenvalue weighted by Gasteiger charge is 2.25. The van der Waals surface area contributed by atoms with Crippen LogP contribution in [0.15, 0.2) is 4.52 Å². The van der Waals surface area contributed by atoms with Gasteiger partial charge in [-0.1, -0.05) is 5.16 Å². The second kappa shape index (κ2) is 5.06. The van der Waals surface area contributed by atoms with E-state index in [1.807, 2.05) is 0 Å². The number of nitrogens with zero attached hydrogens (tertiary/aromatic N) is 2. The van der Waals surface area contributed by atoms with Gasteiger partial charge in [-0.25, -0.2) is 0 Å². The molecule has 3 rings (SSSR count). The Labute approximate surface area is 106 Å². The monoisotopic (exact) mass is 250 g/mol. The van der Waals surface area contributed by atoms with E-state index in [-0.39, 0.29) is 11.9 Å². The van der Waals surface area contributed by atoms with Gasteiger partial charge in [0, 0.05) is 6.42 Å². The molecule has 6 heteroatoms. The van der Waals surface area contributed by atoms with Crippen LogP contribution in [0, 0.1) is 5.92 Å². The molecular formula is C12H18N4O2. The van der Waals surface area contributed by atoms with Gasteiger partial charge in [-0.15, -0.1) is 0 Å². The maximum absolute atomic E-state index is 11.7. The number of amides is 1. The first-order valence-electron chi connectivity index (χ1n) is 6.64. The average Bonchev–Trinajstić information content (AvgIpc) is 2.87. The van der Waals surface area contributed by atoms with E-state index >= 15 is 0 Å². The van der Waals surface area contributed by atoms with Gasteiger partial charge in [0.15, 0.2) is 5.82 Å². The summed E-state index contributed by atoms with van der Waals surface area (Å²) in [7, 11) is 0. The minimum atomic E-state index is -0.0566. The lowest BCUT2D eigenvalue weighted by molar-refractivity contribution is -0.123. The lowest BCUT2D eigenvalue weighted by Gasteiger charge is -2.08. The normalized spacial score (nSPS) is 23.2. The molecule has 18 heavy (non-hydrogen) atoms. The van der Waals surface area contributed by atoms with Gasteiger partial charge in [0.25, 0.3) is 0 Å². The summed E-state index contributed by atoms with van der Waals surface area (Å²) in [6.07, 6.45) is 5.41. The molecule has 1 saturated heterocycles. The van der Waals surface area contributed by atoms with E-state index < -0.39 is 0 Å². The van der Waals surface area contributed by atoms with Gasteiger partial charge in [0.2, 0.25) is 11.8 Å². The van der Waals surface area contributed by atoms with Gasteiger partial charge >= 0.3 is 0 Å². The first kappa shape index (κ1) is 11.6. The van der Waals surface area contributed by atoms with E-state index in [1.165, 1.54) is 12.8 Å². The molecule has 1 atom stereocenters. The van der Waals surface area contributed by atoms with Crippen LogP contribution in [0.2, 0.25) is 0 Å². The van der Waals surface area contributed by atoms with Gasteiger partial charge in [-0.05, 0) is 38.1 Å². The SMILES string of the molecule is O=C(NCc1nc(CC2CC2)no1)C1CCCN1. The third kappa shape index (κ3) is 2.87. The molecule has 1 aromatic rings. The number of nitrogens with one attached hydrogen (secondary N) is 2. The Morgan fingerprint density at radius 1 is 1.44 bits per heavy atom. The Hall–Kier alpha value is -1.43. The molecule has 0 aromatic carbocycles. The lowest BCUT2D eigenvalue weighted by Crippen LogP contribution is -2.40. The van der Waals surface area contributed by atoms with E-state index in [0.717, 1.165) is 37.5 Å². The summed E-state index contributed by atoms with van der Waals surface area (Å²) in [4.78, 5) is 16.0. The van der Waals surface area contributed by atoms with E-state index in [9.17, 15) is 4.79 Å². The van der Waals surface area contributed by atoms with Crippen molar-refractivity contribution in [2.75, 3.05) is 6.54 Å². The molecule has 0 spiro atoms. The third-order valence-corrected chi connectivity index (χ3v) is 3.47. The quantitative estimate of drug-likeness (QED) is 0.790. The molecule has 2 heterocycles. The summed E-state index contributed by atoms with van der Waals surface area (Å²) in [5.74, 6) is 2.03. The molecule has 1 saturated carbocycles. The van der Waals surface area contributed by atoms with Crippen molar-refractivity contribution >= 4 is 5.91 Å². The fourth-order valence-corrected chi connectivity index (χ4v) is 2.22. The summed E-state index contributed by atoms with van der Waals surface area (Å²) < 4.78 is 5.11. The van der Waals surface area contributed by atoms with Gasteiger partial charge in [-0.2, -0.15) is 4.98 Å². The van der Waals surface area contributed by atoms with Crippen molar-refractivity contribution in [1.29, 1.82) is 0 Å². The third-order valence-electron chi connectivity index (χ3n) is 3.47. The fourth-order valence-electron chi connectivity index (χ4n) is 2.22. The highest BCUT2D eigenvalue weighted by molar-refractivity contribution is 5.81. The van der Waals surface area contributed by atoms with Crippen molar-refractivity contribution in [3.8, 4) is 0 Å². The van der Waals surface area contributed by atoms with Crippen molar-refractivity contribution in [1.82, 2.24) is 20.8 Å². The first-order valence-corrected chi connectivity index (χ1v) is 6.64.